The van der Waals surface area contributed by atoms with Gasteiger partial charge in [-0.3, -0.25) is 5.32 Å². The molecule has 0 saturated heterocycles. The molecule has 4 heteroatoms. The standard InChI is InChI=1S/C39H36N2O2/c1-4-14-31(15-5-1)39(32-16-6-2-7-17-32,33-18-8-3-9-19-33)41-35-21-11-12-22-36(35)42-28-29-24-26-30(27-25-29)38-40-34-20-10-13-23-37(34)43-38/h1-10,13-20,23-27,35-36,41H,11-12,21-22,28H2/t35-,36+/m1/s1. The second-order valence-electron chi connectivity index (χ2n) is 11.4. The Balaban J connectivity index is 1.15. The number of benzene rings is 5. The van der Waals surface area contributed by atoms with Gasteiger partial charge in [0.1, 0.15) is 5.52 Å². The second kappa shape index (κ2) is 12.4. The summed E-state index contributed by atoms with van der Waals surface area (Å²) in [6.07, 6.45) is 4.56. The van der Waals surface area contributed by atoms with Gasteiger partial charge in [-0.1, -0.05) is 128 Å². The van der Waals surface area contributed by atoms with Crippen LogP contribution in [0.15, 0.2) is 144 Å². The van der Waals surface area contributed by atoms with Crippen molar-refractivity contribution in [2.45, 2.75) is 50.0 Å². The van der Waals surface area contributed by atoms with Crippen LogP contribution >= 0.6 is 0 Å². The Morgan fingerprint density at radius 3 is 1.81 bits per heavy atom. The summed E-state index contributed by atoms with van der Waals surface area (Å²) in [7, 11) is 0. The predicted molar refractivity (Wildman–Crippen MR) is 173 cm³/mol. The highest BCUT2D eigenvalue weighted by Crippen LogP contribution is 2.39. The van der Waals surface area contributed by atoms with E-state index >= 15 is 0 Å². The van der Waals surface area contributed by atoms with Crippen LogP contribution in [-0.2, 0) is 16.9 Å². The molecule has 5 aromatic carbocycles. The zero-order valence-electron chi connectivity index (χ0n) is 24.2. The Morgan fingerprint density at radius 2 is 1.21 bits per heavy atom. The third-order valence-corrected chi connectivity index (χ3v) is 8.68. The van der Waals surface area contributed by atoms with E-state index < -0.39 is 5.54 Å². The molecule has 1 aromatic heterocycles. The molecule has 2 atom stereocenters. The van der Waals surface area contributed by atoms with E-state index in [1.165, 1.54) is 29.5 Å². The molecular weight excluding hydrogens is 528 g/mol. The predicted octanol–water partition coefficient (Wildman–Crippen LogP) is 8.90. The Bertz CT molecular complexity index is 1620. The molecule has 7 rings (SSSR count). The van der Waals surface area contributed by atoms with Crippen LogP contribution in [0.1, 0.15) is 47.9 Å². The summed E-state index contributed by atoms with van der Waals surface area (Å²) >= 11 is 0. The fourth-order valence-corrected chi connectivity index (χ4v) is 6.50. The number of ether oxygens (including phenoxy) is 1. The number of hydrogen-bond acceptors (Lipinski definition) is 4. The summed E-state index contributed by atoms with van der Waals surface area (Å²) in [5.41, 5.74) is 6.97. The lowest BCUT2D eigenvalue weighted by Gasteiger charge is -2.43. The smallest absolute Gasteiger partial charge is 0.227 e. The van der Waals surface area contributed by atoms with Crippen molar-refractivity contribution in [3.05, 3.63) is 162 Å². The molecule has 0 unspecified atom stereocenters. The third kappa shape index (κ3) is 5.64. The number of oxazole rings is 1. The first kappa shape index (κ1) is 27.3. The van der Waals surface area contributed by atoms with E-state index in [9.17, 15) is 0 Å². The first-order valence-corrected chi connectivity index (χ1v) is 15.3. The van der Waals surface area contributed by atoms with Crippen molar-refractivity contribution in [1.82, 2.24) is 10.3 Å². The lowest BCUT2D eigenvalue weighted by molar-refractivity contribution is -0.0105. The van der Waals surface area contributed by atoms with Gasteiger partial charge in [-0.2, -0.15) is 0 Å². The van der Waals surface area contributed by atoms with Crippen LogP contribution in [0.5, 0.6) is 0 Å². The third-order valence-electron chi connectivity index (χ3n) is 8.68. The molecule has 0 spiro atoms. The van der Waals surface area contributed by atoms with E-state index in [0.29, 0.717) is 12.5 Å². The van der Waals surface area contributed by atoms with Gasteiger partial charge in [0.25, 0.3) is 0 Å². The van der Waals surface area contributed by atoms with E-state index in [4.69, 9.17) is 9.15 Å². The molecule has 6 aromatic rings. The molecule has 1 saturated carbocycles. The molecule has 0 bridgehead atoms. The van der Waals surface area contributed by atoms with E-state index in [0.717, 1.165) is 35.1 Å². The van der Waals surface area contributed by atoms with Gasteiger partial charge >= 0.3 is 0 Å². The topological polar surface area (TPSA) is 47.3 Å². The zero-order chi connectivity index (χ0) is 28.9. The molecule has 43 heavy (non-hydrogen) atoms. The van der Waals surface area contributed by atoms with Crippen LogP contribution in [0.4, 0.5) is 0 Å². The number of aromatic nitrogens is 1. The normalized spacial score (nSPS) is 17.2. The van der Waals surface area contributed by atoms with Crippen molar-refractivity contribution < 1.29 is 9.15 Å². The molecule has 4 nitrogen and oxygen atoms in total. The van der Waals surface area contributed by atoms with E-state index in [2.05, 4.69) is 126 Å². The fourth-order valence-electron chi connectivity index (χ4n) is 6.50. The molecular formula is C39H36N2O2. The Hall–Kier alpha value is -4.51. The average Bonchev–Trinajstić information content (AvgIpc) is 3.53. The van der Waals surface area contributed by atoms with Crippen LogP contribution in [0.2, 0.25) is 0 Å². The fraction of sp³-hybridized carbons (Fsp3) is 0.205. The van der Waals surface area contributed by atoms with Crippen molar-refractivity contribution >= 4 is 11.1 Å². The molecule has 1 aliphatic rings. The summed E-state index contributed by atoms with van der Waals surface area (Å²) in [5, 5.41) is 4.20. The van der Waals surface area contributed by atoms with Crippen LogP contribution in [0.3, 0.4) is 0 Å². The minimum Gasteiger partial charge on any atom is -0.436 e. The highest BCUT2D eigenvalue weighted by molar-refractivity contribution is 5.76. The molecule has 1 aliphatic carbocycles. The number of nitrogens with one attached hydrogen (secondary N) is 1. The first-order valence-electron chi connectivity index (χ1n) is 15.3. The zero-order valence-corrected chi connectivity index (χ0v) is 24.2. The van der Waals surface area contributed by atoms with Crippen molar-refractivity contribution in [2.75, 3.05) is 0 Å². The molecule has 1 fully saturated rings. The second-order valence-corrected chi connectivity index (χ2v) is 11.4. The first-order chi connectivity index (χ1) is 21.3. The van der Waals surface area contributed by atoms with Crippen LogP contribution in [0, 0.1) is 0 Å². The molecule has 0 radical (unpaired) electrons. The Morgan fingerprint density at radius 1 is 0.651 bits per heavy atom. The molecule has 1 N–H and O–H groups in total. The highest BCUT2D eigenvalue weighted by atomic mass is 16.5. The number of fused-ring (bicyclic) bond motifs is 1. The molecule has 214 valence electrons. The van der Waals surface area contributed by atoms with Crippen molar-refractivity contribution in [3.63, 3.8) is 0 Å². The van der Waals surface area contributed by atoms with E-state index in [1.807, 2.05) is 24.3 Å². The lowest BCUT2D eigenvalue weighted by Crippen LogP contribution is -2.55. The summed E-state index contributed by atoms with van der Waals surface area (Å²) < 4.78 is 12.7. The van der Waals surface area contributed by atoms with Gasteiger partial charge in [0, 0.05) is 11.6 Å². The minimum atomic E-state index is -0.505. The quantitative estimate of drug-likeness (QED) is 0.178. The van der Waals surface area contributed by atoms with Gasteiger partial charge in [-0.05, 0) is 59.4 Å². The number of nitrogens with zero attached hydrogens (tertiary/aromatic N) is 1. The van der Waals surface area contributed by atoms with Crippen molar-refractivity contribution in [1.29, 1.82) is 0 Å². The average molecular weight is 565 g/mol. The van der Waals surface area contributed by atoms with Gasteiger partial charge < -0.3 is 9.15 Å². The number of rotatable bonds is 9. The summed E-state index contributed by atoms with van der Waals surface area (Å²) in [6, 6.07) is 49.0. The largest absolute Gasteiger partial charge is 0.436 e. The van der Waals surface area contributed by atoms with Crippen LogP contribution in [-0.4, -0.2) is 17.1 Å². The Kier molecular flexibility index (Phi) is 7.87. The monoisotopic (exact) mass is 564 g/mol. The summed E-state index contributed by atoms with van der Waals surface area (Å²) in [5.74, 6) is 0.643. The van der Waals surface area contributed by atoms with E-state index in [1.54, 1.807) is 0 Å². The number of para-hydroxylation sites is 2. The maximum absolute atomic E-state index is 6.73. The molecule has 0 aliphatic heterocycles. The summed E-state index contributed by atoms with van der Waals surface area (Å²) in [4.78, 5) is 4.64. The molecule has 0 amide bonds. The minimum absolute atomic E-state index is 0.0981. The summed E-state index contributed by atoms with van der Waals surface area (Å²) in [6.45, 7) is 0.561. The van der Waals surface area contributed by atoms with Crippen LogP contribution in [0.25, 0.3) is 22.6 Å². The highest BCUT2D eigenvalue weighted by Gasteiger charge is 2.40. The van der Waals surface area contributed by atoms with Gasteiger partial charge in [0.15, 0.2) is 5.58 Å². The Labute approximate surface area is 253 Å². The SMILES string of the molecule is c1ccc(C(N[C@@H]2CCCC[C@@H]2OCc2ccc(-c3nc4ccccc4o3)cc2)(c2ccccc2)c2ccccc2)cc1. The van der Waals surface area contributed by atoms with Gasteiger partial charge in [0.2, 0.25) is 5.89 Å². The van der Waals surface area contributed by atoms with Gasteiger partial charge in [-0.25, -0.2) is 4.98 Å². The molecule has 1 heterocycles. The van der Waals surface area contributed by atoms with Gasteiger partial charge in [-0.15, -0.1) is 0 Å². The van der Waals surface area contributed by atoms with E-state index in [-0.39, 0.29) is 12.1 Å². The van der Waals surface area contributed by atoms with Crippen molar-refractivity contribution in [3.8, 4) is 11.5 Å². The number of hydrogen-bond donors (Lipinski definition) is 1. The van der Waals surface area contributed by atoms with Crippen LogP contribution < -0.4 is 5.32 Å². The maximum atomic E-state index is 6.73. The van der Waals surface area contributed by atoms with Crippen molar-refractivity contribution in [2.24, 2.45) is 0 Å². The maximum Gasteiger partial charge on any atom is 0.227 e. The lowest BCUT2D eigenvalue weighted by atomic mass is 9.75. The van der Waals surface area contributed by atoms with Gasteiger partial charge in [0.05, 0.1) is 18.2 Å².